The molecule has 0 unspecified atom stereocenters. The number of aromatic hydroxyl groups is 1. The van der Waals surface area contributed by atoms with Crippen molar-refractivity contribution in [2.45, 2.75) is 11.8 Å². The minimum atomic E-state index is 0.192. The van der Waals surface area contributed by atoms with E-state index in [9.17, 15) is 5.11 Å². The van der Waals surface area contributed by atoms with Gasteiger partial charge in [0.15, 0.2) is 11.6 Å². The fourth-order valence-electron chi connectivity index (χ4n) is 2.59. The van der Waals surface area contributed by atoms with Crippen LogP contribution in [0.5, 0.6) is 5.75 Å². The lowest BCUT2D eigenvalue weighted by atomic mass is 10.2. The molecule has 0 spiro atoms. The number of anilines is 3. The van der Waals surface area contributed by atoms with Gasteiger partial charge in [-0.1, -0.05) is 35.9 Å². The third-order valence-electron chi connectivity index (χ3n) is 3.97. The summed E-state index contributed by atoms with van der Waals surface area (Å²) in [5.74, 6) is 1.42. The highest BCUT2D eigenvalue weighted by atomic mass is 32.2. The molecule has 0 amide bonds. The number of phenols is 1. The molecule has 27 heavy (non-hydrogen) atoms. The maximum atomic E-state index is 9.71. The highest BCUT2D eigenvalue weighted by Crippen LogP contribution is 2.29. The van der Waals surface area contributed by atoms with Crippen molar-refractivity contribution in [3.05, 3.63) is 78.4 Å². The van der Waals surface area contributed by atoms with Crippen molar-refractivity contribution < 1.29 is 5.11 Å². The standard InChI is InChI=1S/C21H18N4OS/c1-14-9-11-17(12-10-14)27-25-21-20(22-15-5-4-6-16(26)13-15)23-18-7-2-3-8-19(18)24-21/h2-13,26H,1H3,(H,22,23)(H,24,25). The average molecular weight is 374 g/mol. The molecule has 1 aromatic heterocycles. The van der Waals surface area contributed by atoms with Crippen molar-refractivity contribution in [3.63, 3.8) is 0 Å². The number of aromatic nitrogens is 2. The Balaban J connectivity index is 1.67. The SMILES string of the molecule is Cc1ccc(SNc2nc3ccccc3nc2Nc2cccc(O)c2)cc1. The van der Waals surface area contributed by atoms with Crippen LogP contribution in [-0.4, -0.2) is 15.1 Å². The first-order valence-electron chi connectivity index (χ1n) is 8.50. The fourth-order valence-corrected chi connectivity index (χ4v) is 3.22. The molecule has 1 heterocycles. The summed E-state index contributed by atoms with van der Waals surface area (Å²) in [7, 11) is 0. The molecule has 0 aliphatic heterocycles. The molecule has 0 bridgehead atoms. The molecule has 0 saturated carbocycles. The van der Waals surface area contributed by atoms with Crippen LogP contribution >= 0.6 is 11.9 Å². The first kappa shape index (κ1) is 17.2. The molecule has 0 fully saturated rings. The van der Waals surface area contributed by atoms with Crippen LogP contribution in [0, 0.1) is 6.92 Å². The van der Waals surface area contributed by atoms with E-state index in [0.29, 0.717) is 11.6 Å². The predicted molar refractivity (Wildman–Crippen MR) is 112 cm³/mol. The molecule has 0 saturated heterocycles. The lowest BCUT2D eigenvalue weighted by molar-refractivity contribution is 0.475. The number of hydrogen-bond acceptors (Lipinski definition) is 6. The molecule has 6 heteroatoms. The van der Waals surface area contributed by atoms with Gasteiger partial charge in [0.25, 0.3) is 0 Å². The monoisotopic (exact) mass is 374 g/mol. The normalized spacial score (nSPS) is 10.7. The molecule has 134 valence electrons. The molecule has 4 aromatic rings. The maximum absolute atomic E-state index is 9.71. The summed E-state index contributed by atoms with van der Waals surface area (Å²) < 4.78 is 3.29. The van der Waals surface area contributed by atoms with Crippen molar-refractivity contribution in [3.8, 4) is 5.75 Å². The zero-order valence-electron chi connectivity index (χ0n) is 14.7. The number of nitrogens with one attached hydrogen (secondary N) is 2. The molecule has 0 aliphatic rings. The van der Waals surface area contributed by atoms with Crippen LogP contribution in [0.3, 0.4) is 0 Å². The molecule has 4 rings (SSSR count). The molecular weight excluding hydrogens is 356 g/mol. The van der Waals surface area contributed by atoms with Gasteiger partial charge in [-0.15, -0.1) is 0 Å². The molecule has 3 N–H and O–H groups in total. The van der Waals surface area contributed by atoms with E-state index in [1.54, 1.807) is 18.2 Å². The number of nitrogens with zero attached hydrogens (tertiary/aromatic N) is 2. The van der Waals surface area contributed by atoms with Gasteiger partial charge in [-0.25, -0.2) is 9.97 Å². The van der Waals surface area contributed by atoms with Crippen LogP contribution in [-0.2, 0) is 0 Å². The van der Waals surface area contributed by atoms with Crippen molar-refractivity contribution in [2.75, 3.05) is 10.0 Å². The van der Waals surface area contributed by atoms with Crippen LogP contribution in [0.25, 0.3) is 11.0 Å². The van der Waals surface area contributed by atoms with Gasteiger partial charge < -0.3 is 15.1 Å². The smallest absolute Gasteiger partial charge is 0.180 e. The summed E-state index contributed by atoms with van der Waals surface area (Å²) >= 11 is 1.48. The Morgan fingerprint density at radius 1 is 0.815 bits per heavy atom. The molecule has 0 radical (unpaired) electrons. The van der Waals surface area contributed by atoms with E-state index >= 15 is 0 Å². The number of phenolic OH excluding ortho intramolecular Hbond substituents is 1. The maximum Gasteiger partial charge on any atom is 0.180 e. The van der Waals surface area contributed by atoms with Crippen LogP contribution in [0.4, 0.5) is 17.3 Å². The predicted octanol–water partition coefficient (Wildman–Crippen LogP) is 5.51. The topological polar surface area (TPSA) is 70.1 Å². The number of fused-ring (bicyclic) bond motifs is 1. The molecule has 0 atom stereocenters. The van der Waals surface area contributed by atoms with Crippen molar-refractivity contribution in [1.82, 2.24) is 9.97 Å². The lowest BCUT2D eigenvalue weighted by Gasteiger charge is -2.13. The summed E-state index contributed by atoms with van der Waals surface area (Å²) in [6.07, 6.45) is 0. The summed E-state index contributed by atoms with van der Waals surface area (Å²) in [5, 5.41) is 13.0. The minimum absolute atomic E-state index is 0.192. The van der Waals surface area contributed by atoms with Gasteiger partial charge in [0.2, 0.25) is 0 Å². The van der Waals surface area contributed by atoms with Gasteiger partial charge in [-0.3, -0.25) is 0 Å². The van der Waals surface area contributed by atoms with Gasteiger partial charge in [-0.2, -0.15) is 0 Å². The summed E-state index contributed by atoms with van der Waals surface area (Å²) in [4.78, 5) is 10.5. The highest BCUT2D eigenvalue weighted by molar-refractivity contribution is 8.00. The zero-order chi connectivity index (χ0) is 18.6. The van der Waals surface area contributed by atoms with Gasteiger partial charge >= 0.3 is 0 Å². The second-order valence-electron chi connectivity index (χ2n) is 6.10. The van der Waals surface area contributed by atoms with E-state index in [0.717, 1.165) is 21.6 Å². The molecular formula is C21H18N4OS. The van der Waals surface area contributed by atoms with Crippen molar-refractivity contribution >= 4 is 40.3 Å². The largest absolute Gasteiger partial charge is 0.508 e. The Morgan fingerprint density at radius 2 is 1.52 bits per heavy atom. The number of benzene rings is 3. The van der Waals surface area contributed by atoms with E-state index in [1.165, 1.54) is 17.5 Å². The third kappa shape index (κ3) is 4.12. The Labute approximate surface area is 161 Å². The molecule has 3 aromatic carbocycles. The average Bonchev–Trinajstić information content (AvgIpc) is 2.67. The van der Waals surface area contributed by atoms with Gasteiger partial charge in [0.1, 0.15) is 5.75 Å². The van der Waals surface area contributed by atoms with Crippen molar-refractivity contribution in [1.29, 1.82) is 0 Å². The number of para-hydroxylation sites is 2. The Kier molecular flexibility index (Phi) is 4.80. The summed E-state index contributed by atoms with van der Waals surface area (Å²) in [6.45, 7) is 2.06. The number of rotatable bonds is 5. The van der Waals surface area contributed by atoms with Crippen LogP contribution in [0.1, 0.15) is 5.56 Å². The first-order chi connectivity index (χ1) is 13.2. The Morgan fingerprint density at radius 3 is 2.22 bits per heavy atom. The van der Waals surface area contributed by atoms with Crippen LogP contribution in [0.15, 0.2) is 77.7 Å². The van der Waals surface area contributed by atoms with Crippen LogP contribution in [0.2, 0.25) is 0 Å². The Hall–Kier alpha value is -3.25. The van der Waals surface area contributed by atoms with E-state index in [2.05, 4.69) is 41.2 Å². The number of aryl methyl sites for hydroxylation is 1. The van der Waals surface area contributed by atoms with E-state index < -0.39 is 0 Å². The molecule has 5 nitrogen and oxygen atoms in total. The quantitative estimate of drug-likeness (QED) is 0.400. The molecule has 0 aliphatic carbocycles. The van der Waals surface area contributed by atoms with Gasteiger partial charge in [-0.05, 0) is 55.3 Å². The summed E-state index contributed by atoms with van der Waals surface area (Å²) in [5.41, 5.74) is 3.57. The van der Waals surface area contributed by atoms with E-state index in [-0.39, 0.29) is 5.75 Å². The van der Waals surface area contributed by atoms with E-state index in [4.69, 9.17) is 9.97 Å². The second kappa shape index (κ2) is 7.55. The summed E-state index contributed by atoms with van der Waals surface area (Å²) in [6, 6.07) is 22.9. The van der Waals surface area contributed by atoms with E-state index in [1.807, 2.05) is 30.3 Å². The van der Waals surface area contributed by atoms with Gasteiger partial charge in [0, 0.05) is 16.6 Å². The second-order valence-corrected chi connectivity index (χ2v) is 6.98. The fraction of sp³-hybridized carbons (Fsp3) is 0.0476. The third-order valence-corrected chi connectivity index (χ3v) is 4.77. The minimum Gasteiger partial charge on any atom is -0.508 e. The van der Waals surface area contributed by atoms with Gasteiger partial charge in [0.05, 0.1) is 11.0 Å². The first-order valence-corrected chi connectivity index (χ1v) is 9.31. The van der Waals surface area contributed by atoms with Crippen LogP contribution < -0.4 is 10.0 Å². The highest BCUT2D eigenvalue weighted by Gasteiger charge is 2.10. The van der Waals surface area contributed by atoms with Crippen molar-refractivity contribution in [2.24, 2.45) is 0 Å². The Bertz CT molecular complexity index is 1080. The lowest BCUT2D eigenvalue weighted by Crippen LogP contribution is -2.02. The number of hydrogen-bond donors (Lipinski definition) is 3. The zero-order valence-corrected chi connectivity index (χ0v) is 15.5.